The van der Waals surface area contributed by atoms with E-state index >= 15 is 0 Å². The average molecular weight is 262 g/mol. The SMILES string of the molecule is CN(C)C(=O)CCc1ncc(-c2ccc(F)cc2)o1. The van der Waals surface area contributed by atoms with Crippen molar-refractivity contribution in [1.29, 1.82) is 0 Å². The highest BCUT2D eigenvalue weighted by atomic mass is 19.1. The van der Waals surface area contributed by atoms with E-state index in [0.29, 0.717) is 24.5 Å². The highest BCUT2D eigenvalue weighted by molar-refractivity contribution is 5.75. The van der Waals surface area contributed by atoms with E-state index < -0.39 is 0 Å². The van der Waals surface area contributed by atoms with Gasteiger partial charge in [0.25, 0.3) is 0 Å². The van der Waals surface area contributed by atoms with Gasteiger partial charge in [-0.1, -0.05) is 0 Å². The molecule has 0 radical (unpaired) electrons. The molecule has 0 spiro atoms. The van der Waals surface area contributed by atoms with Crippen LogP contribution in [0.5, 0.6) is 0 Å². The molecule has 100 valence electrons. The summed E-state index contributed by atoms with van der Waals surface area (Å²) in [5, 5.41) is 0. The van der Waals surface area contributed by atoms with E-state index in [1.165, 1.54) is 17.0 Å². The molecule has 5 heteroatoms. The molecule has 0 unspecified atom stereocenters. The van der Waals surface area contributed by atoms with Crippen molar-refractivity contribution in [3.8, 4) is 11.3 Å². The van der Waals surface area contributed by atoms with Crippen molar-refractivity contribution in [2.45, 2.75) is 12.8 Å². The molecule has 0 aliphatic heterocycles. The number of oxazole rings is 1. The summed E-state index contributed by atoms with van der Waals surface area (Å²) in [6, 6.07) is 6.00. The lowest BCUT2D eigenvalue weighted by Crippen LogP contribution is -2.21. The molecule has 1 amide bonds. The van der Waals surface area contributed by atoms with E-state index in [0.717, 1.165) is 5.56 Å². The van der Waals surface area contributed by atoms with E-state index in [1.54, 1.807) is 32.4 Å². The number of hydrogen-bond acceptors (Lipinski definition) is 3. The Bertz CT molecular complexity index is 561. The van der Waals surface area contributed by atoms with Crippen molar-refractivity contribution >= 4 is 5.91 Å². The third kappa shape index (κ3) is 3.40. The van der Waals surface area contributed by atoms with Crippen LogP contribution in [0, 0.1) is 5.82 Å². The Hall–Kier alpha value is -2.17. The van der Waals surface area contributed by atoms with E-state index in [1.807, 2.05) is 0 Å². The number of carbonyl (C=O) groups is 1. The highest BCUT2D eigenvalue weighted by Gasteiger charge is 2.10. The van der Waals surface area contributed by atoms with Gasteiger partial charge in [0.05, 0.1) is 6.20 Å². The second-order valence-electron chi connectivity index (χ2n) is 4.41. The van der Waals surface area contributed by atoms with Crippen molar-refractivity contribution in [2.75, 3.05) is 14.1 Å². The van der Waals surface area contributed by atoms with Gasteiger partial charge in [0.1, 0.15) is 5.82 Å². The Morgan fingerprint density at radius 2 is 2.00 bits per heavy atom. The maximum Gasteiger partial charge on any atom is 0.222 e. The first-order valence-corrected chi connectivity index (χ1v) is 5.97. The van der Waals surface area contributed by atoms with Gasteiger partial charge in [0.2, 0.25) is 5.91 Å². The third-order valence-corrected chi connectivity index (χ3v) is 2.73. The molecule has 0 aliphatic rings. The van der Waals surface area contributed by atoms with E-state index in [2.05, 4.69) is 4.98 Å². The Balaban J connectivity index is 2.03. The molecule has 4 nitrogen and oxygen atoms in total. The predicted molar refractivity (Wildman–Crippen MR) is 68.9 cm³/mol. The van der Waals surface area contributed by atoms with E-state index in [4.69, 9.17) is 4.42 Å². The number of rotatable bonds is 4. The summed E-state index contributed by atoms with van der Waals surface area (Å²) in [5.41, 5.74) is 0.763. The van der Waals surface area contributed by atoms with Gasteiger partial charge in [-0.25, -0.2) is 9.37 Å². The molecule has 0 N–H and O–H groups in total. The van der Waals surface area contributed by atoms with Crippen LogP contribution in [0.1, 0.15) is 12.3 Å². The standard InChI is InChI=1S/C14H15FN2O2/c1-17(2)14(18)8-7-13-16-9-12(19-13)10-3-5-11(15)6-4-10/h3-6,9H,7-8H2,1-2H3. The van der Waals surface area contributed by atoms with Crippen LogP contribution in [0.3, 0.4) is 0 Å². The van der Waals surface area contributed by atoms with E-state index in [-0.39, 0.29) is 11.7 Å². The number of amides is 1. The lowest BCUT2D eigenvalue weighted by molar-refractivity contribution is -0.128. The van der Waals surface area contributed by atoms with Crippen molar-refractivity contribution in [3.63, 3.8) is 0 Å². The Labute approximate surface area is 110 Å². The Kier molecular flexibility index (Phi) is 3.94. The fraction of sp³-hybridized carbons (Fsp3) is 0.286. The van der Waals surface area contributed by atoms with Crippen LogP contribution >= 0.6 is 0 Å². The number of aryl methyl sites for hydroxylation is 1. The van der Waals surface area contributed by atoms with Crippen molar-refractivity contribution in [1.82, 2.24) is 9.88 Å². The van der Waals surface area contributed by atoms with Crippen LogP contribution in [0.4, 0.5) is 4.39 Å². The molecule has 0 bridgehead atoms. The number of halogens is 1. The number of hydrogen-bond donors (Lipinski definition) is 0. The number of nitrogens with zero attached hydrogens (tertiary/aromatic N) is 2. The Morgan fingerprint density at radius 1 is 1.32 bits per heavy atom. The summed E-state index contributed by atoms with van der Waals surface area (Å²) in [6.45, 7) is 0. The molecule has 0 saturated carbocycles. The summed E-state index contributed by atoms with van der Waals surface area (Å²) >= 11 is 0. The van der Waals surface area contributed by atoms with Gasteiger partial charge in [0.15, 0.2) is 11.7 Å². The zero-order valence-electron chi connectivity index (χ0n) is 10.9. The second kappa shape index (κ2) is 5.65. The second-order valence-corrected chi connectivity index (χ2v) is 4.41. The van der Waals surface area contributed by atoms with Gasteiger partial charge in [-0.05, 0) is 24.3 Å². The first kappa shape index (κ1) is 13.3. The summed E-state index contributed by atoms with van der Waals surface area (Å²) in [4.78, 5) is 17.1. The number of benzene rings is 1. The average Bonchev–Trinajstić information content (AvgIpc) is 2.85. The first-order valence-electron chi connectivity index (χ1n) is 5.97. The molecule has 0 aliphatic carbocycles. The van der Waals surface area contributed by atoms with Crippen LogP contribution in [0.2, 0.25) is 0 Å². The normalized spacial score (nSPS) is 10.5. The molecule has 0 atom stereocenters. The maximum atomic E-state index is 12.8. The quantitative estimate of drug-likeness (QED) is 0.850. The Morgan fingerprint density at radius 3 is 2.63 bits per heavy atom. The van der Waals surface area contributed by atoms with Crippen LogP contribution in [-0.4, -0.2) is 29.9 Å². The highest BCUT2D eigenvalue weighted by Crippen LogP contribution is 2.21. The zero-order chi connectivity index (χ0) is 13.8. The van der Waals surface area contributed by atoms with Crippen LogP contribution in [0.25, 0.3) is 11.3 Å². The molecular formula is C14H15FN2O2. The minimum absolute atomic E-state index is 0.0292. The first-order chi connectivity index (χ1) is 9.06. The summed E-state index contributed by atoms with van der Waals surface area (Å²) in [6.07, 6.45) is 2.40. The van der Waals surface area contributed by atoms with Crippen molar-refractivity contribution in [2.24, 2.45) is 0 Å². The summed E-state index contributed by atoms with van der Waals surface area (Å²) in [5.74, 6) is 0.823. The van der Waals surface area contributed by atoms with E-state index in [9.17, 15) is 9.18 Å². The zero-order valence-corrected chi connectivity index (χ0v) is 10.9. The van der Waals surface area contributed by atoms with Gasteiger partial charge in [-0.15, -0.1) is 0 Å². The van der Waals surface area contributed by atoms with Crippen LogP contribution in [0.15, 0.2) is 34.9 Å². The predicted octanol–water partition coefficient (Wildman–Crippen LogP) is 2.50. The molecule has 2 rings (SSSR count). The molecule has 0 saturated heterocycles. The lowest BCUT2D eigenvalue weighted by atomic mass is 10.2. The van der Waals surface area contributed by atoms with Gasteiger partial charge in [-0.2, -0.15) is 0 Å². The fourth-order valence-electron chi connectivity index (χ4n) is 1.61. The lowest BCUT2D eigenvalue weighted by Gasteiger charge is -2.08. The molecule has 19 heavy (non-hydrogen) atoms. The maximum absolute atomic E-state index is 12.8. The minimum Gasteiger partial charge on any atom is -0.441 e. The van der Waals surface area contributed by atoms with Crippen molar-refractivity contribution in [3.05, 3.63) is 42.2 Å². The van der Waals surface area contributed by atoms with Gasteiger partial charge >= 0.3 is 0 Å². The van der Waals surface area contributed by atoms with Crippen LogP contribution in [-0.2, 0) is 11.2 Å². The van der Waals surface area contributed by atoms with Gasteiger partial charge in [0, 0.05) is 32.5 Å². The number of aromatic nitrogens is 1. The monoisotopic (exact) mass is 262 g/mol. The topological polar surface area (TPSA) is 46.3 Å². The molecular weight excluding hydrogens is 247 g/mol. The molecule has 1 aromatic heterocycles. The number of carbonyl (C=O) groups excluding carboxylic acids is 1. The molecule has 1 heterocycles. The largest absolute Gasteiger partial charge is 0.441 e. The van der Waals surface area contributed by atoms with Gasteiger partial charge in [-0.3, -0.25) is 4.79 Å². The minimum atomic E-state index is -0.292. The molecule has 2 aromatic rings. The molecule has 1 aromatic carbocycles. The van der Waals surface area contributed by atoms with Gasteiger partial charge < -0.3 is 9.32 Å². The molecule has 0 fully saturated rings. The summed E-state index contributed by atoms with van der Waals surface area (Å²) in [7, 11) is 3.42. The van der Waals surface area contributed by atoms with Crippen LogP contribution < -0.4 is 0 Å². The van der Waals surface area contributed by atoms with Crippen molar-refractivity contribution < 1.29 is 13.6 Å². The fourth-order valence-corrected chi connectivity index (χ4v) is 1.61. The smallest absolute Gasteiger partial charge is 0.222 e. The summed E-state index contributed by atoms with van der Waals surface area (Å²) < 4.78 is 18.3. The third-order valence-electron chi connectivity index (χ3n) is 2.73.